The zero-order valence-corrected chi connectivity index (χ0v) is 20.8. The predicted molar refractivity (Wildman–Crippen MR) is 129 cm³/mol. The van der Waals surface area contributed by atoms with Gasteiger partial charge in [-0.2, -0.15) is 5.10 Å². The highest BCUT2D eigenvalue weighted by molar-refractivity contribution is 9.10. The Morgan fingerprint density at radius 2 is 1.70 bits per heavy atom. The minimum atomic E-state index is -0.0690. The maximum absolute atomic E-state index is 6.54. The molecule has 0 amide bonds. The fourth-order valence-electron chi connectivity index (χ4n) is 3.10. The molecular formula is C22H19BrCl2N4S. The lowest BCUT2D eigenvalue weighted by Crippen LogP contribution is -2.10. The molecule has 0 aliphatic carbocycles. The molecule has 154 valence electrons. The minimum Gasteiger partial charge on any atom is -0.231 e. The number of rotatable bonds is 3. The van der Waals surface area contributed by atoms with E-state index in [1.807, 2.05) is 28.9 Å². The molecule has 0 spiro atoms. The first-order chi connectivity index (χ1) is 14.1. The fourth-order valence-corrected chi connectivity index (χ4v) is 4.79. The van der Waals surface area contributed by atoms with Crippen LogP contribution in [0.3, 0.4) is 0 Å². The highest BCUT2D eigenvalue weighted by Crippen LogP contribution is 2.38. The van der Waals surface area contributed by atoms with E-state index in [9.17, 15) is 0 Å². The number of benzene rings is 2. The number of hydrogen-bond acceptors (Lipinski definition) is 4. The minimum absolute atomic E-state index is 0.0690. The Morgan fingerprint density at radius 3 is 2.30 bits per heavy atom. The molecule has 0 saturated carbocycles. The SMILES string of the molecule is Cc1c(-c2nnc(C(C)(C)C)s2)nn(-c2ccc(Cl)cc2Cl)c1-c1ccc(Br)cc1. The van der Waals surface area contributed by atoms with Gasteiger partial charge in [0.05, 0.1) is 16.4 Å². The lowest BCUT2D eigenvalue weighted by atomic mass is 9.98. The Bertz CT molecular complexity index is 1220. The smallest absolute Gasteiger partial charge is 0.168 e. The van der Waals surface area contributed by atoms with E-state index in [-0.39, 0.29) is 5.41 Å². The monoisotopic (exact) mass is 520 g/mol. The van der Waals surface area contributed by atoms with E-state index >= 15 is 0 Å². The van der Waals surface area contributed by atoms with Gasteiger partial charge < -0.3 is 0 Å². The number of aromatic nitrogens is 4. The molecule has 2 aromatic carbocycles. The van der Waals surface area contributed by atoms with Crippen LogP contribution in [0.1, 0.15) is 31.3 Å². The molecule has 4 nitrogen and oxygen atoms in total. The maximum Gasteiger partial charge on any atom is 0.168 e. The fraction of sp³-hybridized carbons (Fsp3) is 0.227. The summed E-state index contributed by atoms with van der Waals surface area (Å²) in [5.41, 5.74) is 4.48. The molecule has 0 atom stereocenters. The topological polar surface area (TPSA) is 43.6 Å². The Hall–Kier alpha value is -1.73. The second-order valence-electron chi connectivity index (χ2n) is 8.00. The van der Waals surface area contributed by atoms with Gasteiger partial charge in [-0.3, -0.25) is 0 Å². The van der Waals surface area contributed by atoms with Crippen molar-refractivity contribution in [1.82, 2.24) is 20.0 Å². The summed E-state index contributed by atoms with van der Waals surface area (Å²) in [7, 11) is 0. The predicted octanol–water partition coefficient (Wildman–Crippen LogP) is 7.73. The van der Waals surface area contributed by atoms with Crippen LogP contribution in [0.25, 0.3) is 27.6 Å². The van der Waals surface area contributed by atoms with Crippen molar-refractivity contribution in [3.05, 3.63) is 67.6 Å². The molecule has 0 bridgehead atoms. The Labute approximate surface area is 198 Å². The Kier molecular flexibility index (Phi) is 5.79. The van der Waals surface area contributed by atoms with Crippen molar-refractivity contribution in [3.8, 4) is 27.6 Å². The third-order valence-electron chi connectivity index (χ3n) is 4.65. The third-order valence-corrected chi connectivity index (χ3v) is 7.07. The summed E-state index contributed by atoms with van der Waals surface area (Å²) in [5, 5.41) is 16.6. The van der Waals surface area contributed by atoms with E-state index < -0.39 is 0 Å². The lowest BCUT2D eigenvalue weighted by molar-refractivity contribution is 0.578. The molecule has 0 fully saturated rings. The summed E-state index contributed by atoms with van der Waals surface area (Å²) in [6.45, 7) is 8.44. The largest absolute Gasteiger partial charge is 0.231 e. The van der Waals surface area contributed by atoms with Gasteiger partial charge in [-0.1, -0.05) is 83.4 Å². The molecule has 0 unspecified atom stereocenters. The highest BCUT2D eigenvalue weighted by atomic mass is 79.9. The van der Waals surface area contributed by atoms with Crippen LogP contribution in [-0.4, -0.2) is 20.0 Å². The molecule has 30 heavy (non-hydrogen) atoms. The first kappa shape index (κ1) is 21.5. The van der Waals surface area contributed by atoms with E-state index in [4.69, 9.17) is 28.3 Å². The van der Waals surface area contributed by atoms with Gasteiger partial charge in [-0.25, -0.2) is 4.68 Å². The van der Waals surface area contributed by atoms with Gasteiger partial charge in [-0.05, 0) is 37.3 Å². The van der Waals surface area contributed by atoms with E-state index in [1.165, 1.54) is 0 Å². The molecule has 0 aliphatic heterocycles. The molecule has 0 N–H and O–H groups in total. The van der Waals surface area contributed by atoms with E-state index in [1.54, 1.807) is 17.4 Å². The van der Waals surface area contributed by atoms with Crippen LogP contribution in [0.15, 0.2) is 46.9 Å². The van der Waals surface area contributed by atoms with Crippen molar-refractivity contribution >= 4 is 50.5 Å². The highest BCUT2D eigenvalue weighted by Gasteiger charge is 2.25. The second kappa shape index (κ2) is 8.08. The number of halogens is 3. The molecule has 2 heterocycles. The summed E-state index contributed by atoms with van der Waals surface area (Å²) in [5.74, 6) is 0. The van der Waals surface area contributed by atoms with Crippen molar-refractivity contribution in [2.24, 2.45) is 0 Å². The van der Waals surface area contributed by atoms with Gasteiger partial charge in [-0.15, -0.1) is 10.2 Å². The quantitative estimate of drug-likeness (QED) is 0.277. The van der Waals surface area contributed by atoms with Crippen LogP contribution >= 0.6 is 50.5 Å². The van der Waals surface area contributed by atoms with Gasteiger partial charge in [0, 0.05) is 26.0 Å². The van der Waals surface area contributed by atoms with Crippen molar-refractivity contribution in [3.63, 3.8) is 0 Å². The third kappa shape index (κ3) is 4.06. The number of nitrogens with zero attached hydrogens (tertiary/aromatic N) is 4. The zero-order valence-electron chi connectivity index (χ0n) is 16.9. The zero-order chi connectivity index (χ0) is 21.6. The van der Waals surface area contributed by atoms with Crippen LogP contribution in [-0.2, 0) is 5.41 Å². The van der Waals surface area contributed by atoms with E-state index in [0.717, 1.165) is 42.7 Å². The van der Waals surface area contributed by atoms with E-state index in [2.05, 4.69) is 66.0 Å². The average Bonchev–Trinajstić information content (AvgIpc) is 3.28. The standard InChI is InChI=1S/C22H19BrCl2N4S/c1-12-18(20-26-27-21(30-20)22(2,3)4)28-29(17-10-9-15(24)11-16(17)25)19(12)13-5-7-14(23)8-6-13/h5-11H,1-4H3. The van der Waals surface area contributed by atoms with Crippen LogP contribution in [0.4, 0.5) is 0 Å². The van der Waals surface area contributed by atoms with Crippen molar-refractivity contribution < 1.29 is 0 Å². The summed E-state index contributed by atoms with van der Waals surface area (Å²) >= 11 is 17.7. The second-order valence-corrected chi connectivity index (χ2v) is 10.7. The van der Waals surface area contributed by atoms with Crippen molar-refractivity contribution in [1.29, 1.82) is 0 Å². The van der Waals surface area contributed by atoms with Crippen LogP contribution in [0.5, 0.6) is 0 Å². The van der Waals surface area contributed by atoms with Crippen LogP contribution in [0, 0.1) is 6.92 Å². The van der Waals surface area contributed by atoms with Gasteiger partial charge >= 0.3 is 0 Å². The normalized spacial score (nSPS) is 11.8. The summed E-state index contributed by atoms with van der Waals surface area (Å²) in [6, 6.07) is 13.5. The van der Waals surface area contributed by atoms with Crippen LogP contribution in [0.2, 0.25) is 10.0 Å². The summed E-state index contributed by atoms with van der Waals surface area (Å²) in [4.78, 5) is 0. The van der Waals surface area contributed by atoms with Gasteiger partial charge in [0.25, 0.3) is 0 Å². The lowest BCUT2D eigenvalue weighted by Gasteiger charge is -2.12. The Balaban J connectivity index is 1.95. The van der Waals surface area contributed by atoms with E-state index in [0.29, 0.717) is 10.0 Å². The average molecular weight is 522 g/mol. The molecular weight excluding hydrogens is 503 g/mol. The van der Waals surface area contributed by atoms with Gasteiger partial charge in [0.15, 0.2) is 5.01 Å². The van der Waals surface area contributed by atoms with Gasteiger partial charge in [0.1, 0.15) is 10.7 Å². The Morgan fingerprint density at radius 1 is 1.00 bits per heavy atom. The summed E-state index contributed by atoms with van der Waals surface area (Å²) in [6.07, 6.45) is 0. The molecule has 0 aliphatic rings. The van der Waals surface area contributed by atoms with Crippen molar-refractivity contribution in [2.45, 2.75) is 33.1 Å². The maximum atomic E-state index is 6.54. The molecule has 0 saturated heterocycles. The molecule has 8 heteroatoms. The first-order valence-corrected chi connectivity index (χ1v) is 11.7. The molecule has 0 radical (unpaired) electrons. The first-order valence-electron chi connectivity index (χ1n) is 9.30. The van der Waals surface area contributed by atoms with Crippen molar-refractivity contribution in [2.75, 3.05) is 0 Å². The summed E-state index contributed by atoms with van der Waals surface area (Å²) < 4.78 is 2.88. The van der Waals surface area contributed by atoms with Gasteiger partial charge in [0.2, 0.25) is 0 Å². The van der Waals surface area contributed by atoms with Crippen LogP contribution < -0.4 is 0 Å². The molecule has 4 rings (SSSR count). The number of hydrogen-bond donors (Lipinski definition) is 0. The molecule has 2 aromatic heterocycles. The molecule has 4 aromatic rings.